The van der Waals surface area contributed by atoms with Crippen LogP contribution in [0.15, 0.2) is 60.7 Å². The number of aromatic nitrogens is 4. The van der Waals surface area contributed by atoms with Crippen LogP contribution in [-0.4, -0.2) is 65.8 Å². The molecule has 2 amide bonds. The number of aromatic amines is 1. The van der Waals surface area contributed by atoms with Gasteiger partial charge < -0.3 is 19.0 Å². The molecule has 2 aliphatic rings. The molecule has 0 radical (unpaired) electrons. The van der Waals surface area contributed by atoms with Gasteiger partial charge in [-0.1, -0.05) is 36.4 Å². The lowest BCUT2D eigenvalue weighted by molar-refractivity contribution is 0.0207. The number of carbonyl (C=O) groups excluding carboxylic acids is 2. The standard InChI is InChI=1S/C39H46N6O4/c1-38(2,3)48-36(46)44-20-8-10-32(44)34-40-28-18-16-26(22-29(28)41-34)24-12-14-25(15-13-24)27-17-19-31-30(23-27)42-35(43(31)7)33-11-9-21-45(33)37(47)49-39(4,5)6/h12-19,22-23,32-33H,8-11,20-21H2,1-7H3,(H,40,41)/t32-,33-/m0/s1. The molecule has 0 spiro atoms. The highest BCUT2D eigenvalue weighted by Gasteiger charge is 2.37. The SMILES string of the molecule is Cn1c([C@@H]2CCCN2C(=O)OC(C)(C)C)nc2cc(-c3ccc(-c4ccc5[nH]c([C@@H]6CCCN6C(=O)OC(C)(C)C)nc5c4)cc3)ccc21. The van der Waals surface area contributed by atoms with E-state index < -0.39 is 11.2 Å². The van der Waals surface area contributed by atoms with Gasteiger partial charge >= 0.3 is 12.2 Å². The average molecular weight is 663 g/mol. The topological polar surface area (TPSA) is 106 Å². The molecule has 2 fully saturated rings. The van der Waals surface area contributed by atoms with Crippen molar-refractivity contribution in [3.05, 3.63) is 72.3 Å². The van der Waals surface area contributed by atoms with E-state index in [2.05, 4.69) is 70.2 Å². The highest BCUT2D eigenvalue weighted by Crippen LogP contribution is 2.36. The second-order valence-electron chi connectivity index (χ2n) is 15.3. The first kappa shape index (κ1) is 32.7. The summed E-state index contributed by atoms with van der Waals surface area (Å²) in [7, 11) is 2.02. The van der Waals surface area contributed by atoms with Crippen LogP contribution in [0, 0.1) is 0 Å². The third-order valence-corrected chi connectivity index (χ3v) is 9.34. The lowest BCUT2D eigenvalue weighted by Crippen LogP contribution is -2.37. The Balaban J connectivity index is 1.10. The predicted octanol–water partition coefficient (Wildman–Crippen LogP) is 8.93. The second kappa shape index (κ2) is 12.2. The van der Waals surface area contributed by atoms with Crippen molar-refractivity contribution in [3.8, 4) is 22.3 Å². The third-order valence-electron chi connectivity index (χ3n) is 9.34. The average Bonchev–Trinajstić information content (AvgIpc) is 3.84. The maximum Gasteiger partial charge on any atom is 0.410 e. The Kier molecular flexibility index (Phi) is 8.16. The van der Waals surface area contributed by atoms with Gasteiger partial charge in [0.25, 0.3) is 0 Å². The fourth-order valence-corrected chi connectivity index (χ4v) is 7.08. The monoisotopic (exact) mass is 662 g/mol. The second-order valence-corrected chi connectivity index (χ2v) is 15.3. The Morgan fingerprint density at radius 1 is 0.694 bits per heavy atom. The Hall–Kier alpha value is -4.86. The number of rotatable bonds is 4. The molecule has 5 aromatic rings. The van der Waals surface area contributed by atoms with Crippen LogP contribution >= 0.6 is 0 Å². The number of amides is 2. The summed E-state index contributed by atoms with van der Waals surface area (Å²) in [5.41, 5.74) is 7.01. The fraction of sp³-hybridized carbons (Fsp3) is 0.436. The molecule has 3 aromatic carbocycles. The number of hydrogen-bond acceptors (Lipinski definition) is 6. The molecule has 256 valence electrons. The molecule has 2 aliphatic heterocycles. The lowest BCUT2D eigenvalue weighted by atomic mass is 10.00. The highest BCUT2D eigenvalue weighted by molar-refractivity contribution is 5.85. The zero-order chi connectivity index (χ0) is 34.7. The number of imidazole rings is 2. The van der Waals surface area contributed by atoms with Crippen molar-refractivity contribution in [1.82, 2.24) is 29.3 Å². The van der Waals surface area contributed by atoms with Gasteiger partial charge in [0.05, 0.1) is 34.2 Å². The number of fused-ring (bicyclic) bond motifs is 2. The molecular weight excluding hydrogens is 616 g/mol. The Labute approximate surface area is 287 Å². The molecule has 0 saturated carbocycles. The van der Waals surface area contributed by atoms with Gasteiger partial charge in [-0.25, -0.2) is 19.6 Å². The predicted molar refractivity (Wildman–Crippen MR) is 191 cm³/mol. The van der Waals surface area contributed by atoms with E-state index in [0.29, 0.717) is 13.1 Å². The van der Waals surface area contributed by atoms with E-state index >= 15 is 0 Å². The van der Waals surface area contributed by atoms with Gasteiger partial charge in [0.15, 0.2) is 0 Å². The van der Waals surface area contributed by atoms with Crippen molar-refractivity contribution in [1.29, 1.82) is 0 Å². The normalized spacial score (nSPS) is 18.5. The lowest BCUT2D eigenvalue weighted by Gasteiger charge is -2.28. The van der Waals surface area contributed by atoms with Gasteiger partial charge in [-0.2, -0.15) is 0 Å². The van der Waals surface area contributed by atoms with Crippen LogP contribution < -0.4 is 0 Å². The molecular formula is C39H46N6O4. The van der Waals surface area contributed by atoms with Crippen LogP contribution in [0.5, 0.6) is 0 Å². The van der Waals surface area contributed by atoms with Crippen molar-refractivity contribution in [2.75, 3.05) is 13.1 Å². The van der Waals surface area contributed by atoms with E-state index in [4.69, 9.17) is 19.4 Å². The van der Waals surface area contributed by atoms with E-state index in [0.717, 1.165) is 81.7 Å². The first-order valence-corrected chi connectivity index (χ1v) is 17.3. The zero-order valence-corrected chi connectivity index (χ0v) is 29.5. The molecule has 2 aromatic heterocycles. The summed E-state index contributed by atoms with van der Waals surface area (Å²) in [5, 5.41) is 0. The van der Waals surface area contributed by atoms with Crippen molar-refractivity contribution < 1.29 is 19.1 Å². The molecule has 0 unspecified atom stereocenters. The summed E-state index contributed by atoms with van der Waals surface area (Å²) in [5.74, 6) is 1.68. The van der Waals surface area contributed by atoms with Gasteiger partial charge in [0, 0.05) is 20.1 Å². The van der Waals surface area contributed by atoms with Crippen LogP contribution in [0.1, 0.15) is 91.0 Å². The van der Waals surface area contributed by atoms with Gasteiger partial charge in [-0.05, 0) is 114 Å². The van der Waals surface area contributed by atoms with E-state index in [1.165, 1.54) is 0 Å². The van der Waals surface area contributed by atoms with Crippen LogP contribution in [-0.2, 0) is 16.5 Å². The number of aryl methyl sites for hydroxylation is 1. The summed E-state index contributed by atoms with van der Waals surface area (Å²) in [6.45, 7) is 12.7. The molecule has 49 heavy (non-hydrogen) atoms. The number of nitrogens with zero attached hydrogens (tertiary/aromatic N) is 5. The first-order valence-electron chi connectivity index (χ1n) is 17.3. The van der Waals surface area contributed by atoms with E-state index in [1.807, 2.05) is 53.5 Å². The van der Waals surface area contributed by atoms with E-state index in [9.17, 15) is 9.59 Å². The van der Waals surface area contributed by atoms with Gasteiger partial charge in [-0.15, -0.1) is 0 Å². The number of ether oxygens (including phenoxy) is 2. The summed E-state index contributed by atoms with van der Waals surface area (Å²) < 4.78 is 13.5. The maximum absolute atomic E-state index is 13.0. The Morgan fingerprint density at radius 3 is 1.80 bits per heavy atom. The summed E-state index contributed by atoms with van der Waals surface area (Å²) in [6.07, 6.45) is 2.98. The van der Waals surface area contributed by atoms with Crippen molar-refractivity contribution in [2.24, 2.45) is 7.05 Å². The molecule has 0 aliphatic carbocycles. The minimum atomic E-state index is -0.543. The number of likely N-dealkylation sites (tertiary alicyclic amines) is 2. The molecule has 0 bridgehead atoms. The first-order chi connectivity index (χ1) is 23.2. The zero-order valence-electron chi connectivity index (χ0n) is 29.5. The molecule has 2 saturated heterocycles. The minimum absolute atomic E-state index is 0.111. The van der Waals surface area contributed by atoms with Crippen molar-refractivity contribution in [2.45, 2.75) is 90.5 Å². The number of benzene rings is 3. The van der Waals surface area contributed by atoms with Crippen LogP contribution in [0.2, 0.25) is 0 Å². The van der Waals surface area contributed by atoms with Crippen molar-refractivity contribution in [3.63, 3.8) is 0 Å². The van der Waals surface area contributed by atoms with Gasteiger partial charge in [-0.3, -0.25) is 9.80 Å². The number of H-pyrrole nitrogens is 1. The molecule has 4 heterocycles. The summed E-state index contributed by atoms with van der Waals surface area (Å²) in [4.78, 5) is 42.9. The van der Waals surface area contributed by atoms with Crippen molar-refractivity contribution >= 4 is 34.3 Å². The number of hydrogen-bond donors (Lipinski definition) is 1. The van der Waals surface area contributed by atoms with Crippen LogP contribution in [0.25, 0.3) is 44.3 Å². The molecule has 10 heteroatoms. The Bertz CT molecular complexity index is 2030. The molecule has 10 nitrogen and oxygen atoms in total. The van der Waals surface area contributed by atoms with E-state index in [1.54, 1.807) is 4.90 Å². The fourth-order valence-electron chi connectivity index (χ4n) is 7.08. The van der Waals surface area contributed by atoms with Gasteiger partial charge in [0.1, 0.15) is 22.9 Å². The van der Waals surface area contributed by atoms with Crippen LogP contribution in [0.3, 0.4) is 0 Å². The molecule has 2 atom stereocenters. The highest BCUT2D eigenvalue weighted by atomic mass is 16.6. The van der Waals surface area contributed by atoms with Crippen LogP contribution in [0.4, 0.5) is 9.59 Å². The largest absolute Gasteiger partial charge is 0.444 e. The van der Waals surface area contributed by atoms with Gasteiger partial charge in [0.2, 0.25) is 0 Å². The van der Waals surface area contributed by atoms with E-state index in [-0.39, 0.29) is 24.3 Å². The molecule has 7 rings (SSSR count). The number of carbonyl (C=O) groups is 2. The Morgan fingerprint density at radius 2 is 1.20 bits per heavy atom. The summed E-state index contributed by atoms with van der Waals surface area (Å²) in [6, 6.07) is 20.9. The summed E-state index contributed by atoms with van der Waals surface area (Å²) >= 11 is 0. The minimum Gasteiger partial charge on any atom is -0.444 e. The maximum atomic E-state index is 13.0. The third kappa shape index (κ3) is 6.60. The molecule has 1 N–H and O–H groups in total. The smallest absolute Gasteiger partial charge is 0.410 e. The number of nitrogens with one attached hydrogen (secondary N) is 1. The quantitative estimate of drug-likeness (QED) is 0.206.